The fourth-order valence-electron chi connectivity index (χ4n) is 1.63. The SMILES string of the molecule is CCOC(=O)Cc1c(C#N)cc(SC(F)(F)F)cc1[N+](=O)[O-]. The Labute approximate surface area is 127 Å². The summed E-state index contributed by atoms with van der Waals surface area (Å²) >= 11 is -0.572. The highest BCUT2D eigenvalue weighted by molar-refractivity contribution is 8.00. The zero-order chi connectivity index (χ0) is 16.9. The number of thioether (sulfide) groups is 1. The van der Waals surface area contributed by atoms with Crippen molar-refractivity contribution >= 4 is 23.4 Å². The number of esters is 1. The fraction of sp³-hybridized carbons (Fsp3) is 0.333. The summed E-state index contributed by atoms with van der Waals surface area (Å²) in [6.45, 7) is 1.57. The van der Waals surface area contributed by atoms with E-state index in [4.69, 9.17) is 5.26 Å². The van der Waals surface area contributed by atoms with Crippen LogP contribution in [0.3, 0.4) is 0 Å². The number of nitro groups is 1. The van der Waals surface area contributed by atoms with Crippen LogP contribution in [0.5, 0.6) is 0 Å². The Morgan fingerprint density at radius 2 is 2.14 bits per heavy atom. The predicted molar refractivity (Wildman–Crippen MR) is 70.1 cm³/mol. The molecule has 6 nitrogen and oxygen atoms in total. The molecule has 1 aromatic rings. The highest BCUT2D eigenvalue weighted by Gasteiger charge is 2.31. The quantitative estimate of drug-likeness (QED) is 0.355. The van der Waals surface area contributed by atoms with Crippen LogP contribution in [0.1, 0.15) is 18.1 Å². The van der Waals surface area contributed by atoms with Crippen molar-refractivity contribution in [3.8, 4) is 6.07 Å². The number of halogens is 3. The number of rotatable bonds is 5. The van der Waals surface area contributed by atoms with Crippen LogP contribution in [0.4, 0.5) is 18.9 Å². The summed E-state index contributed by atoms with van der Waals surface area (Å²) in [6, 6.07) is 3.12. The molecule has 0 aliphatic heterocycles. The van der Waals surface area contributed by atoms with Crippen molar-refractivity contribution in [2.75, 3.05) is 6.61 Å². The highest BCUT2D eigenvalue weighted by Crippen LogP contribution is 2.39. The molecule has 0 atom stereocenters. The van der Waals surface area contributed by atoms with E-state index < -0.39 is 45.2 Å². The van der Waals surface area contributed by atoms with Crippen LogP contribution in [-0.4, -0.2) is 23.0 Å². The lowest BCUT2D eigenvalue weighted by atomic mass is 10.0. The normalized spacial score (nSPS) is 10.9. The van der Waals surface area contributed by atoms with Gasteiger partial charge in [-0.25, -0.2) is 0 Å². The smallest absolute Gasteiger partial charge is 0.446 e. The molecule has 0 radical (unpaired) electrons. The third-order valence-corrected chi connectivity index (χ3v) is 3.08. The third-order valence-electron chi connectivity index (χ3n) is 2.38. The molecule has 0 saturated carbocycles. The molecule has 0 heterocycles. The van der Waals surface area contributed by atoms with E-state index in [2.05, 4.69) is 4.74 Å². The van der Waals surface area contributed by atoms with Gasteiger partial charge < -0.3 is 4.74 Å². The molecule has 0 fully saturated rings. The summed E-state index contributed by atoms with van der Waals surface area (Å²) in [4.78, 5) is 21.0. The zero-order valence-corrected chi connectivity index (χ0v) is 12.0. The minimum atomic E-state index is -4.65. The maximum atomic E-state index is 12.4. The maximum absolute atomic E-state index is 12.4. The number of nitro benzene ring substituents is 1. The first-order valence-corrected chi connectivity index (χ1v) is 6.62. The summed E-state index contributed by atoms with van der Waals surface area (Å²) in [5.74, 6) is -0.807. The number of nitriles is 1. The van der Waals surface area contributed by atoms with Gasteiger partial charge in [0.15, 0.2) is 0 Å². The first kappa shape index (κ1) is 17.8. The van der Waals surface area contributed by atoms with Crippen LogP contribution < -0.4 is 0 Å². The number of carbonyl (C=O) groups excluding carboxylic acids is 1. The van der Waals surface area contributed by atoms with E-state index >= 15 is 0 Å². The first-order valence-electron chi connectivity index (χ1n) is 5.80. The molecule has 118 valence electrons. The van der Waals surface area contributed by atoms with E-state index in [0.717, 1.165) is 6.07 Å². The molecule has 0 N–H and O–H groups in total. The Balaban J connectivity index is 3.34. The van der Waals surface area contributed by atoms with Crippen LogP contribution in [0, 0.1) is 21.4 Å². The number of ether oxygens (including phenoxy) is 1. The predicted octanol–water partition coefficient (Wildman–Crippen LogP) is 3.18. The van der Waals surface area contributed by atoms with Gasteiger partial charge in [0.25, 0.3) is 5.69 Å². The average molecular weight is 334 g/mol. The molecule has 0 bridgehead atoms. The lowest BCUT2D eigenvalue weighted by molar-refractivity contribution is -0.385. The van der Waals surface area contributed by atoms with Gasteiger partial charge in [-0.3, -0.25) is 14.9 Å². The number of hydrogen-bond acceptors (Lipinski definition) is 6. The summed E-state index contributed by atoms with van der Waals surface area (Å²) in [7, 11) is 0. The molecule has 1 rings (SSSR count). The van der Waals surface area contributed by atoms with Crippen molar-refractivity contribution in [1.82, 2.24) is 0 Å². The Hall–Kier alpha value is -2.28. The van der Waals surface area contributed by atoms with Crippen molar-refractivity contribution < 1.29 is 27.6 Å². The molecule has 0 amide bonds. The average Bonchev–Trinajstić information content (AvgIpc) is 2.38. The van der Waals surface area contributed by atoms with Crippen molar-refractivity contribution in [3.05, 3.63) is 33.4 Å². The molecule has 0 aliphatic rings. The van der Waals surface area contributed by atoms with E-state index in [1.807, 2.05) is 0 Å². The summed E-state index contributed by atoms with van der Waals surface area (Å²) in [6.07, 6.45) is -0.565. The highest BCUT2D eigenvalue weighted by atomic mass is 32.2. The first-order chi connectivity index (χ1) is 10.2. The standard InChI is InChI=1S/C12H9F3N2O4S/c1-2-21-11(18)5-9-7(6-16)3-8(22-12(13,14)15)4-10(9)17(19)20/h3-4H,2,5H2,1H3. The second kappa shape index (κ2) is 7.13. The molecular weight excluding hydrogens is 325 g/mol. The van der Waals surface area contributed by atoms with Gasteiger partial charge in [0.05, 0.1) is 35.1 Å². The van der Waals surface area contributed by atoms with Gasteiger partial charge in [-0.05, 0) is 24.8 Å². The van der Waals surface area contributed by atoms with E-state index in [1.54, 1.807) is 6.07 Å². The number of hydrogen-bond donors (Lipinski definition) is 0. The summed E-state index contributed by atoms with van der Waals surface area (Å²) in [5.41, 5.74) is -6.01. The monoisotopic (exact) mass is 334 g/mol. The lowest BCUT2D eigenvalue weighted by Gasteiger charge is -2.09. The van der Waals surface area contributed by atoms with Crippen molar-refractivity contribution in [3.63, 3.8) is 0 Å². The van der Waals surface area contributed by atoms with Crippen molar-refractivity contribution in [2.45, 2.75) is 23.7 Å². The van der Waals surface area contributed by atoms with E-state index in [1.165, 1.54) is 6.92 Å². The van der Waals surface area contributed by atoms with Gasteiger partial charge in [0.1, 0.15) is 0 Å². The number of nitrogens with zero attached hydrogens (tertiary/aromatic N) is 2. The molecule has 10 heteroatoms. The van der Waals surface area contributed by atoms with Gasteiger partial charge in [0.2, 0.25) is 0 Å². The van der Waals surface area contributed by atoms with Crippen LogP contribution in [0.25, 0.3) is 0 Å². The second-order valence-electron chi connectivity index (χ2n) is 3.87. The van der Waals surface area contributed by atoms with Gasteiger partial charge in [-0.15, -0.1) is 0 Å². The minimum Gasteiger partial charge on any atom is -0.466 e. The number of benzene rings is 1. The summed E-state index contributed by atoms with van der Waals surface area (Å²) in [5, 5.41) is 20.0. The van der Waals surface area contributed by atoms with Crippen LogP contribution in [-0.2, 0) is 16.0 Å². The molecule has 0 aromatic heterocycles. The third kappa shape index (κ3) is 4.92. The molecule has 22 heavy (non-hydrogen) atoms. The molecule has 0 aliphatic carbocycles. The fourth-order valence-corrected chi connectivity index (χ4v) is 2.24. The van der Waals surface area contributed by atoms with Gasteiger partial charge in [0, 0.05) is 11.0 Å². The molecule has 1 aromatic carbocycles. The van der Waals surface area contributed by atoms with Crippen molar-refractivity contribution in [2.24, 2.45) is 0 Å². The number of alkyl halides is 3. The van der Waals surface area contributed by atoms with Crippen LogP contribution in [0.2, 0.25) is 0 Å². The van der Waals surface area contributed by atoms with Gasteiger partial charge in [-0.1, -0.05) is 0 Å². The Morgan fingerprint density at radius 3 is 2.59 bits per heavy atom. The lowest BCUT2D eigenvalue weighted by Crippen LogP contribution is -2.11. The van der Waals surface area contributed by atoms with E-state index in [9.17, 15) is 28.1 Å². The topological polar surface area (TPSA) is 93.2 Å². The van der Waals surface area contributed by atoms with Crippen molar-refractivity contribution in [1.29, 1.82) is 5.26 Å². The Kier molecular flexibility index (Phi) is 5.76. The molecular formula is C12H9F3N2O4S. The maximum Gasteiger partial charge on any atom is 0.446 e. The van der Waals surface area contributed by atoms with Gasteiger partial charge >= 0.3 is 11.5 Å². The number of carbonyl (C=O) groups is 1. The summed E-state index contributed by atoms with van der Waals surface area (Å²) < 4.78 is 41.7. The van der Waals surface area contributed by atoms with Crippen LogP contribution >= 0.6 is 11.8 Å². The molecule has 0 unspecified atom stereocenters. The Morgan fingerprint density at radius 1 is 1.50 bits per heavy atom. The molecule has 0 spiro atoms. The largest absolute Gasteiger partial charge is 0.466 e. The molecule has 0 saturated heterocycles. The minimum absolute atomic E-state index is 0.0382. The van der Waals surface area contributed by atoms with Gasteiger partial charge in [-0.2, -0.15) is 18.4 Å². The van der Waals surface area contributed by atoms with Crippen LogP contribution in [0.15, 0.2) is 17.0 Å². The van der Waals surface area contributed by atoms with E-state index in [0.29, 0.717) is 6.07 Å². The Bertz CT molecular complexity index is 640. The second-order valence-corrected chi connectivity index (χ2v) is 5.01. The van der Waals surface area contributed by atoms with E-state index in [-0.39, 0.29) is 17.7 Å². The zero-order valence-electron chi connectivity index (χ0n) is 11.1.